The Kier molecular flexibility index (Phi) is 4.52. The smallest absolute Gasteiger partial charge is 0.300 e. The van der Waals surface area contributed by atoms with Crippen molar-refractivity contribution >= 4 is 34.0 Å². The molecule has 1 amide bonds. The van der Waals surface area contributed by atoms with Gasteiger partial charge in [0.2, 0.25) is 0 Å². The SMILES string of the molecule is O=C1C(=O)N(c2cccc(F)c2)C(c2ccc(O)cc2)/C1=C(/O)c1c[nH]c2ccccc12. The monoisotopic (exact) mass is 428 g/mol. The van der Waals surface area contributed by atoms with E-state index in [2.05, 4.69) is 4.98 Å². The van der Waals surface area contributed by atoms with Gasteiger partial charge in [-0.2, -0.15) is 0 Å². The number of aromatic hydroxyl groups is 1. The van der Waals surface area contributed by atoms with Gasteiger partial charge in [-0.25, -0.2) is 4.39 Å². The first-order chi connectivity index (χ1) is 15.5. The van der Waals surface area contributed by atoms with Crippen LogP contribution in [0.2, 0.25) is 0 Å². The Morgan fingerprint density at radius 2 is 1.72 bits per heavy atom. The molecule has 1 unspecified atom stereocenters. The average Bonchev–Trinajstić information content (AvgIpc) is 3.33. The average molecular weight is 428 g/mol. The van der Waals surface area contributed by atoms with Crippen molar-refractivity contribution in [3.05, 3.63) is 102 Å². The number of nitrogens with one attached hydrogen (secondary N) is 1. The molecular weight excluding hydrogens is 411 g/mol. The first kappa shape index (κ1) is 19.6. The highest BCUT2D eigenvalue weighted by Gasteiger charge is 2.47. The van der Waals surface area contributed by atoms with Crippen LogP contribution >= 0.6 is 0 Å². The highest BCUT2D eigenvalue weighted by atomic mass is 19.1. The van der Waals surface area contributed by atoms with Gasteiger partial charge in [-0.3, -0.25) is 14.5 Å². The normalized spacial score (nSPS) is 17.9. The third kappa shape index (κ3) is 3.02. The molecule has 0 aliphatic carbocycles. The molecule has 0 spiro atoms. The molecule has 0 bridgehead atoms. The summed E-state index contributed by atoms with van der Waals surface area (Å²) in [6.07, 6.45) is 1.57. The summed E-state index contributed by atoms with van der Waals surface area (Å²) in [5, 5.41) is 21.6. The van der Waals surface area contributed by atoms with Crippen LogP contribution in [0.1, 0.15) is 17.2 Å². The number of rotatable bonds is 3. The Morgan fingerprint density at radius 3 is 2.47 bits per heavy atom. The number of aliphatic hydroxyl groups is 1. The maximum atomic E-state index is 14.0. The largest absolute Gasteiger partial charge is 0.508 e. The summed E-state index contributed by atoms with van der Waals surface area (Å²) in [6, 6.07) is 17.6. The zero-order valence-electron chi connectivity index (χ0n) is 16.6. The van der Waals surface area contributed by atoms with E-state index in [1.807, 2.05) is 12.1 Å². The molecular formula is C25H17FN2O4. The highest BCUT2D eigenvalue weighted by molar-refractivity contribution is 6.51. The molecule has 1 aliphatic heterocycles. The molecule has 1 aromatic heterocycles. The number of phenols is 1. The second-order valence-corrected chi connectivity index (χ2v) is 7.49. The second-order valence-electron chi connectivity index (χ2n) is 7.49. The van der Waals surface area contributed by atoms with E-state index in [1.165, 1.54) is 30.3 Å². The van der Waals surface area contributed by atoms with E-state index in [1.54, 1.807) is 30.5 Å². The number of ketones is 1. The third-order valence-corrected chi connectivity index (χ3v) is 5.58. The highest BCUT2D eigenvalue weighted by Crippen LogP contribution is 2.43. The number of hydrogen-bond acceptors (Lipinski definition) is 4. The van der Waals surface area contributed by atoms with Crippen LogP contribution in [0.3, 0.4) is 0 Å². The second kappa shape index (κ2) is 7.39. The molecule has 32 heavy (non-hydrogen) atoms. The number of benzene rings is 3. The number of aliphatic hydroxyl groups excluding tert-OH is 1. The number of H-pyrrole nitrogens is 1. The molecule has 2 heterocycles. The zero-order chi connectivity index (χ0) is 22.4. The summed E-state index contributed by atoms with van der Waals surface area (Å²) >= 11 is 0. The molecule has 6 nitrogen and oxygen atoms in total. The van der Waals surface area contributed by atoms with Crippen molar-refractivity contribution in [3.63, 3.8) is 0 Å². The minimum absolute atomic E-state index is 0.00749. The quantitative estimate of drug-likeness (QED) is 0.252. The number of aromatic nitrogens is 1. The minimum Gasteiger partial charge on any atom is -0.508 e. The number of aromatic amines is 1. The summed E-state index contributed by atoms with van der Waals surface area (Å²) < 4.78 is 14.0. The lowest BCUT2D eigenvalue weighted by molar-refractivity contribution is -0.132. The van der Waals surface area contributed by atoms with Gasteiger partial charge in [0.1, 0.15) is 17.3 Å². The van der Waals surface area contributed by atoms with Gasteiger partial charge in [-0.15, -0.1) is 0 Å². The lowest BCUT2D eigenvalue weighted by Crippen LogP contribution is -2.29. The van der Waals surface area contributed by atoms with E-state index in [4.69, 9.17) is 0 Å². The van der Waals surface area contributed by atoms with Crippen LogP contribution in [0.5, 0.6) is 5.75 Å². The number of hydrogen-bond donors (Lipinski definition) is 3. The molecule has 0 saturated carbocycles. The number of halogens is 1. The van der Waals surface area contributed by atoms with Crippen LogP contribution in [0.4, 0.5) is 10.1 Å². The fraction of sp³-hybridized carbons (Fsp3) is 0.0400. The Balaban J connectivity index is 1.76. The van der Waals surface area contributed by atoms with E-state index in [0.717, 1.165) is 16.5 Å². The van der Waals surface area contributed by atoms with Crippen molar-refractivity contribution in [2.24, 2.45) is 0 Å². The van der Waals surface area contributed by atoms with Crippen molar-refractivity contribution in [1.29, 1.82) is 0 Å². The van der Waals surface area contributed by atoms with Crippen LogP contribution in [0.25, 0.3) is 16.7 Å². The van der Waals surface area contributed by atoms with Crippen molar-refractivity contribution in [2.45, 2.75) is 6.04 Å². The van der Waals surface area contributed by atoms with Gasteiger partial charge in [0.25, 0.3) is 11.7 Å². The molecule has 7 heteroatoms. The molecule has 1 aliphatic rings. The lowest BCUT2D eigenvalue weighted by Gasteiger charge is -2.25. The topological polar surface area (TPSA) is 93.6 Å². The molecule has 4 aromatic rings. The van der Waals surface area contributed by atoms with Gasteiger partial charge in [0.15, 0.2) is 0 Å². The van der Waals surface area contributed by atoms with E-state index in [0.29, 0.717) is 16.5 Å². The summed E-state index contributed by atoms with van der Waals surface area (Å²) in [7, 11) is 0. The molecule has 5 rings (SSSR count). The van der Waals surface area contributed by atoms with Gasteiger partial charge >= 0.3 is 0 Å². The van der Waals surface area contributed by atoms with Gasteiger partial charge in [0, 0.05) is 28.4 Å². The Bertz CT molecular complexity index is 1410. The third-order valence-electron chi connectivity index (χ3n) is 5.58. The van der Waals surface area contributed by atoms with Crippen LogP contribution in [-0.4, -0.2) is 26.9 Å². The number of anilines is 1. The predicted octanol–water partition coefficient (Wildman–Crippen LogP) is 4.64. The predicted molar refractivity (Wildman–Crippen MR) is 118 cm³/mol. The Labute approximate surface area is 181 Å². The first-order valence-corrected chi connectivity index (χ1v) is 9.87. The molecule has 1 saturated heterocycles. The number of para-hydroxylation sites is 1. The van der Waals surface area contributed by atoms with Crippen molar-refractivity contribution in [3.8, 4) is 5.75 Å². The fourth-order valence-corrected chi connectivity index (χ4v) is 4.11. The minimum atomic E-state index is -1.01. The number of phenolic OH excluding ortho intramolecular Hbond substituents is 1. The number of nitrogens with zero attached hydrogens (tertiary/aromatic N) is 1. The van der Waals surface area contributed by atoms with Gasteiger partial charge < -0.3 is 15.2 Å². The van der Waals surface area contributed by atoms with Crippen molar-refractivity contribution in [2.75, 3.05) is 4.90 Å². The first-order valence-electron chi connectivity index (χ1n) is 9.87. The summed E-state index contributed by atoms with van der Waals surface area (Å²) in [5.74, 6) is -2.65. The number of amides is 1. The lowest BCUT2D eigenvalue weighted by atomic mass is 9.95. The molecule has 3 N–H and O–H groups in total. The number of fused-ring (bicyclic) bond motifs is 1. The zero-order valence-corrected chi connectivity index (χ0v) is 16.6. The number of carbonyl (C=O) groups excluding carboxylic acids is 2. The molecule has 158 valence electrons. The summed E-state index contributed by atoms with van der Waals surface area (Å²) in [5.41, 5.74) is 1.68. The van der Waals surface area contributed by atoms with Crippen LogP contribution in [0.15, 0.2) is 84.6 Å². The fourth-order valence-electron chi connectivity index (χ4n) is 4.11. The number of Topliss-reactive ketones (excluding diaryl/α,β-unsaturated/α-hetero) is 1. The van der Waals surface area contributed by atoms with E-state index in [9.17, 15) is 24.2 Å². The molecule has 1 fully saturated rings. The Hall–Kier alpha value is -4.39. The van der Waals surface area contributed by atoms with Crippen LogP contribution < -0.4 is 4.90 Å². The maximum absolute atomic E-state index is 14.0. The van der Waals surface area contributed by atoms with Crippen LogP contribution in [-0.2, 0) is 9.59 Å². The number of carbonyl (C=O) groups is 2. The van der Waals surface area contributed by atoms with E-state index in [-0.39, 0.29) is 22.8 Å². The van der Waals surface area contributed by atoms with E-state index >= 15 is 0 Å². The van der Waals surface area contributed by atoms with Gasteiger partial charge in [-0.05, 0) is 42.0 Å². The summed E-state index contributed by atoms with van der Waals surface area (Å²) in [4.78, 5) is 30.4. The maximum Gasteiger partial charge on any atom is 0.300 e. The molecule has 1 atom stereocenters. The van der Waals surface area contributed by atoms with E-state index < -0.39 is 23.5 Å². The molecule has 3 aromatic carbocycles. The van der Waals surface area contributed by atoms with Crippen molar-refractivity contribution in [1.82, 2.24) is 4.98 Å². The van der Waals surface area contributed by atoms with Crippen molar-refractivity contribution < 1.29 is 24.2 Å². The van der Waals surface area contributed by atoms with Crippen LogP contribution in [0, 0.1) is 5.82 Å². The molecule has 0 radical (unpaired) electrons. The Morgan fingerprint density at radius 1 is 0.969 bits per heavy atom. The van der Waals surface area contributed by atoms with Gasteiger partial charge in [-0.1, -0.05) is 36.4 Å². The summed E-state index contributed by atoms with van der Waals surface area (Å²) in [6.45, 7) is 0. The standard InChI is InChI=1S/C25H17FN2O4/c26-15-4-3-5-16(12-15)28-22(14-8-10-17(29)11-9-14)21(24(31)25(28)32)23(30)19-13-27-20-7-2-1-6-18(19)20/h1-13,22,27,29-30H/b23-21-. The van der Waals surface area contributed by atoms with Gasteiger partial charge in [0.05, 0.1) is 11.6 Å².